The molecule has 4 unspecified atom stereocenters. The van der Waals surface area contributed by atoms with Crippen LogP contribution in [-0.2, 0) is 20.9 Å². The zero-order valence-corrected chi connectivity index (χ0v) is 39.4. The van der Waals surface area contributed by atoms with E-state index in [1.165, 1.54) is 24.9 Å². The maximum absolute atomic E-state index is 13.8. The van der Waals surface area contributed by atoms with Crippen molar-refractivity contribution in [1.82, 2.24) is 9.47 Å². The molecule has 1 fully saturated rings. The number of carbonyl (C=O) groups is 2. The monoisotopic (exact) mass is 909 g/mol. The molecule has 8 nitrogen and oxygen atoms in total. The molecule has 8 rings (SSSR count). The molecule has 4 aliphatic rings. The van der Waals surface area contributed by atoms with Crippen molar-refractivity contribution in [3.8, 4) is 5.75 Å². The van der Waals surface area contributed by atoms with Crippen LogP contribution in [0.1, 0.15) is 78.0 Å². The molecule has 0 radical (unpaired) electrons. The number of amides is 1. The van der Waals surface area contributed by atoms with Crippen molar-refractivity contribution in [3.05, 3.63) is 125 Å². The van der Waals surface area contributed by atoms with Crippen LogP contribution < -0.4 is 24.4 Å². The van der Waals surface area contributed by atoms with Gasteiger partial charge < -0.3 is 14.7 Å². The number of benzene rings is 2. The molecule has 2 aliphatic carbocycles. The van der Waals surface area contributed by atoms with Crippen LogP contribution in [0.2, 0.25) is 0 Å². The number of methoxy groups -OCH3 is 1. The zero-order chi connectivity index (χ0) is 43.3. The van der Waals surface area contributed by atoms with E-state index >= 15 is 0 Å². The van der Waals surface area contributed by atoms with Gasteiger partial charge in [0.25, 0.3) is 11.5 Å². The second-order valence-corrected chi connectivity index (χ2v) is 22.4. The molecular weight excluding hydrogens is 859 g/mol. The first kappa shape index (κ1) is 43.5. The highest BCUT2D eigenvalue weighted by Crippen LogP contribution is 2.53. The fourth-order valence-electron chi connectivity index (χ4n) is 8.89. The van der Waals surface area contributed by atoms with Crippen molar-refractivity contribution < 1.29 is 19.4 Å². The summed E-state index contributed by atoms with van der Waals surface area (Å²) in [6.07, 6.45) is 19.5. The summed E-state index contributed by atoms with van der Waals surface area (Å²) in [7, 11) is 1.69. The number of thiocarbonyl (C=S) groups is 1. The van der Waals surface area contributed by atoms with Gasteiger partial charge in [-0.1, -0.05) is 80.3 Å². The van der Waals surface area contributed by atoms with Crippen LogP contribution in [0, 0.1) is 11.3 Å². The molecule has 0 bridgehead atoms. The van der Waals surface area contributed by atoms with Gasteiger partial charge in [0.05, 0.1) is 21.9 Å². The van der Waals surface area contributed by atoms with Gasteiger partial charge in [-0.3, -0.25) is 23.9 Å². The lowest BCUT2D eigenvalue weighted by atomic mass is 9.71. The zero-order valence-electron chi connectivity index (χ0n) is 35.4. The van der Waals surface area contributed by atoms with Crippen LogP contribution in [0.25, 0.3) is 21.8 Å². The van der Waals surface area contributed by atoms with E-state index in [1.54, 1.807) is 7.11 Å². The first-order valence-electron chi connectivity index (χ1n) is 20.7. The van der Waals surface area contributed by atoms with Crippen LogP contribution in [0.15, 0.2) is 105 Å². The second kappa shape index (κ2) is 17.2. The minimum absolute atomic E-state index is 0.0791. The van der Waals surface area contributed by atoms with E-state index in [0.717, 1.165) is 83.0 Å². The van der Waals surface area contributed by atoms with E-state index in [-0.39, 0.29) is 27.5 Å². The number of ether oxygens (including phenoxy) is 1. The summed E-state index contributed by atoms with van der Waals surface area (Å²) in [4.78, 5) is 46.2. The van der Waals surface area contributed by atoms with Gasteiger partial charge in [-0.25, -0.2) is 0 Å². The summed E-state index contributed by atoms with van der Waals surface area (Å²) in [5, 5.41) is 14.2. The standard InChI is InChI=1S/C48H51N3O5S5/c1-7-49-43(55)41(60-45(49)57)44-50(29-40(52)53)42(54)38(59-44)26-31-10-15-37(30(2)25-31)51(34-13-11-33-28-35(56-6)14-12-32(33)27-34)47(4)22-20-46(3,21-23-47)18-16-36-17-19-48(5,61-36)39-9-8-24-58-39/h8-15,17,20,22,24,26-28,30H,7,16,18-19,21,23,25,29H2,1-6H3,(H,52,53)/b38-26+,44-41+. The number of anilines is 1. The van der Waals surface area contributed by atoms with Gasteiger partial charge in [0.15, 0.2) is 0 Å². The minimum atomic E-state index is -1.15. The number of thioether (sulfide) groups is 2. The summed E-state index contributed by atoms with van der Waals surface area (Å²) in [5.74, 6) is -0.547. The van der Waals surface area contributed by atoms with E-state index < -0.39 is 18.1 Å². The molecule has 2 aliphatic heterocycles. The van der Waals surface area contributed by atoms with Crippen molar-refractivity contribution in [2.24, 2.45) is 11.3 Å². The summed E-state index contributed by atoms with van der Waals surface area (Å²) < 4.78 is 7.98. The molecule has 1 amide bonds. The summed E-state index contributed by atoms with van der Waals surface area (Å²) >= 11 is 11.6. The average Bonchev–Trinajstić information content (AvgIpc) is 4.04. The average molecular weight is 910 g/mol. The van der Waals surface area contributed by atoms with Gasteiger partial charge in [-0.15, -0.1) is 34.4 Å². The van der Waals surface area contributed by atoms with Crippen molar-refractivity contribution in [2.75, 3.05) is 18.6 Å². The van der Waals surface area contributed by atoms with Gasteiger partial charge in [0.2, 0.25) is 0 Å². The summed E-state index contributed by atoms with van der Waals surface area (Å²) in [6, 6.07) is 17.3. The van der Waals surface area contributed by atoms with Gasteiger partial charge in [-0.2, -0.15) is 0 Å². The normalized spacial score (nSPS) is 26.5. The van der Waals surface area contributed by atoms with E-state index in [4.69, 9.17) is 17.0 Å². The van der Waals surface area contributed by atoms with Crippen LogP contribution in [0.3, 0.4) is 0 Å². The number of carboxylic acids is 1. The maximum Gasteiger partial charge on any atom is 0.323 e. The lowest BCUT2D eigenvalue weighted by Gasteiger charge is -2.49. The fourth-order valence-corrected chi connectivity index (χ4v) is 13.9. The number of aliphatic carboxylic acids is 1. The Morgan fingerprint density at radius 3 is 2.52 bits per heavy atom. The maximum atomic E-state index is 13.8. The number of carboxylic acid groups (broad SMARTS) is 1. The number of hydrogen-bond donors (Lipinski definition) is 1. The Kier molecular flexibility index (Phi) is 12.3. The van der Waals surface area contributed by atoms with Crippen LogP contribution in [-0.4, -0.2) is 50.0 Å². The third-order valence-electron chi connectivity index (χ3n) is 12.6. The number of aromatic nitrogens is 1. The SMILES string of the molecule is CCN1C(=O)/C(=c2\s/c(=C/C3=CC=C(N(c4ccc5cc(OC)ccc5c4)C4(C)C=CC(C)(CCC5=CCC(C)(c6cccs6)S5)CC4)C(C)C3)c(=O)n2CC(=O)O)SC1=S. The number of hydrogen-bond acceptors (Lipinski definition) is 10. The number of fused-ring (bicyclic) bond motifs is 1. The van der Waals surface area contributed by atoms with Gasteiger partial charge >= 0.3 is 5.97 Å². The summed E-state index contributed by atoms with van der Waals surface area (Å²) in [6.45, 7) is 11.1. The Labute approximate surface area is 379 Å². The molecule has 2 aromatic carbocycles. The molecule has 0 spiro atoms. The number of allylic oxidation sites excluding steroid dienone is 7. The van der Waals surface area contributed by atoms with Crippen molar-refractivity contribution >= 4 is 102 Å². The highest BCUT2D eigenvalue weighted by molar-refractivity contribution is 8.30. The Balaban J connectivity index is 1.13. The smallest absolute Gasteiger partial charge is 0.323 e. The molecule has 0 saturated carbocycles. The van der Waals surface area contributed by atoms with Crippen molar-refractivity contribution in [3.63, 3.8) is 0 Å². The predicted molar refractivity (Wildman–Crippen MR) is 260 cm³/mol. The first-order chi connectivity index (χ1) is 29.1. The number of rotatable bonds is 12. The van der Waals surface area contributed by atoms with Gasteiger partial charge in [0.1, 0.15) is 26.2 Å². The van der Waals surface area contributed by atoms with E-state index in [9.17, 15) is 19.5 Å². The first-order valence-corrected chi connectivity index (χ1v) is 24.5. The Morgan fingerprint density at radius 1 is 1.07 bits per heavy atom. The lowest BCUT2D eigenvalue weighted by Crippen LogP contribution is -2.48. The fraction of sp³-hybridized carbons (Fsp3) is 0.375. The van der Waals surface area contributed by atoms with Crippen LogP contribution in [0.5, 0.6) is 5.75 Å². The number of carbonyl (C=O) groups excluding carboxylic acids is 1. The Morgan fingerprint density at radius 2 is 1.85 bits per heavy atom. The third-order valence-corrected chi connectivity index (χ3v) is 18.0. The molecular formula is C48H51N3O5S5. The second-order valence-electron chi connectivity index (χ2n) is 17.1. The predicted octanol–water partition coefficient (Wildman–Crippen LogP) is 10.2. The van der Waals surface area contributed by atoms with E-state index in [0.29, 0.717) is 31.4 Å². The molecule has 4 atom stereocenters. The number of thiophene rings is 1. The Hall–Kier alpha value is -4.14. The van der Waals surface area contributed by atoms with Crippen molar-refractivity contribution in [2.45, 2.75) is 90.0 Å². The largest absolute Gasteiger partial charge is 0.497 e. The van der Waals surface area contributed by atoms with Gasteiger partial charge in [0, 0.05) is 28.7 Å². The van der Waals surface area contributed by atoms with E-state index in [2.05, 4.69) is 111 Å². The third kappa shape index (κ3) is 8.65. The molecule has 1 saturated heterocycles. The molecule has 2 aromatic heterocycles. The van der Waals surface area contributed by atoms with Gasteiger partial charge in [-0.05, 0) is 134 Å². The lowest BCUT2D eigenvalue weighted by molar-refractivity contribution is -0.137. The Bertz CT molecular complexity index is 2740. The van der Waals surface area contributed by atoms with E-state index in [1.807, 2.05) is 42.2 Å². The number of nitrogens with zero attached hydrogens (tertiary/aromatic N) is 3. The molecule has 13 heteroatoms. The molecule has 1 N–H and O–H groups in total. The van der Waals surface area contributed by atoms with Crippen LogP contribution >= 0.6 is 58.4 Å². The topological polar surface area (TPSA) is 92.1 Å². The van der Waals surface area contributed by atoms with Crippen molar-refractivity contribution in [1.29, 1.82) is 0 Å². The quantitative estimate of drug-likeness (QED) is 0.110. The molecule has 4 heterocycles. The minimum Gasteiger partial charge on any atom is -0.497 e. The molecule has 318 valence electrons. The highest BCUT2D eigenvalue weighted by Gasteiger charge is 2.41. The highest BCUT2D eigenvalue weighted by atomic mass is 32.2. The molecule has 61 heavy (non-hydrogen) atoms. The molecule has 4 aromatic rings. The van der Waals surface area contributed by atoms with Crippen LogP contribution in [0.4, 0.5) is 5.69 Å². The summed E-state index contributed by atoms with van der Waals surface area (Å²) in [5.41, 5.74) is 2.60. The number of thiazole rings is 1.